The molecule has 1 unspecified atom stereocenters. The molecule has 0 fully saturated rings. The molecule has 0 aliphatic carbocycles. The van der Waals surface area contributed by atoms with Crippen LogP contribution < -0.4 is 5.32 Å². The molecule has 1 aromatic rings. The van der Waals surface area contributed by atoms with Crippen LogP contribution in [0.25, 0.3) is 0 Å². The highest BCUT2D eigenvalue weighted by Gasteiger charge is 2.23. The second-order valence-electron chi connectivity index (χ2n) is 18.7. The molecule has 0 radical (unpaired) electrons. The number of esters is 2. The third kappa shape index (κ3) is 41.2. The average Bonchev–Trinajstić information content (AvgIpc) is 3.27. The SMILES string of the molecule is CCCCCCCCCCCCCCCCCC(=O)OC[C@@H](COP(OCCNC(=O)OC(C)(C)C)OCc1ccccc1)OC(=O)CCCCCCCCCCCCCCCCC. The molecule has 0 aliphatic rings. The van der Waals surface area contributed by atoms with Gasteiger partial charge in [0.15, 0.2) is 6.10 Å². The summed E-state index contributed by atoms with van der Waals surface area (Å²) in [7, 11) is -1.90. The second-order valence-corrected chi connectivity index (χ2v) is 20.0. The Morgan fingerprint density at radius 2 is 0.953 bits per heavy atom. The largest absolute Gasteiger partial charge is 0.462 e. The van der Waals surface area contributed by atoms with E-state index < -0.39 is 26.4 Å². The molecular weight excluding hydrogens is 826 g/mol. The van der Waals surface area contributed by atoms with Crippen LogP contribution in [0.5, 0.6) is 0 Å². The third-order valence-corrected chi connectivity index (χ3v) is 12.3. The van der Waals surface area contributed by atoms with Gasteiger partial charge in [-0.1, -0.05) is 224 Å². The van der Waals surface area contributed by atoms with Gasteiger partial charge in [-0.05, 0) is 39.2 Å². The smallest absolute Gasteiger partial charge is 0.407 e. The maximum atomic E-state index is 13.1. The van der Waals surface area contributed by atoms with E-state index in [1.54, 1.807) is 20.8 Å². The van der Waals surface area contributed by atoms with Crippen LogP contribution >= 0.6 is 8.60 Å². The van der Waals surface area contributed by atoms with Crippen LogP contribution in [0.3, 0.4) is 0 Å². The van der Waals surface area contributed by atoms with Crippen molar-refractivity contribution in [1.82, 2.24) is 5.32 Å². The summed E-state index contributed by atoms with van der Waals surface area (Å²) >= 11 is 0. The fourth-order valence-electron chi connectivity index (χ4n) is 7.45. The van der Waals surface area contributed by atoms with Crippen LogP contribution in [0, 0.1) is 0 Å². The molecule has 1 N–H and O–H groups in total. The number of nitrogens with one attached hydrogen (secondary N) is 1. The molecule has 2 atom stereocenters. The molecule has 0 heterocycles. The number of benzene rings is 1. The molecule has 11 heteroatoms. The Labute approximate surface area is 393 Å². The van der Waals surface area contributed by atoms with Gasteiger partial charge in [-0.3, -0.25) is 9.59 Å². The third-order valence-electron chi connectivity index (χ3n) is 11.2. The minimum absolute atomic E-state index is 0.0726. The van der Waals surface area contributed by atoms with Crippen LogP contribution in [0.15, 0.2) is 30.3 Å². The number of rotatable bonds is 45. The first-order chi connectivity index (χ1) is 31.1. The Hall–Kier alpha value is -2.26. The average molecular weight is 922 g/mol. The van der Waals surface area contributed by atoms with E-state index in [-0.39, 0.29) is 44.9 Å². The van der Waals surface area contributed by atoms with Crippen LogP contribution in [-0.4, -0.2) is 56.1 Å². The first-order valence-electron chi connectivity index (χ1n) is 26.2. The highest BCUT2D eigenvalue weighted by molar-refractivity contribution is 7.41. The molecule has 0 saturated heterocycles. The van der Waals surface area contributed by atoms with Crippen LogP contribution in [-0.2, 0) is 44.0 Å². The van der Waals surface area contributed by atoms with Gasteiger partial charge >= 0.3 is 26.6 Å². The van der Waals surface area contributed by atoms with Crippen LogP contribution in [0.2, 0.25) is 0 Å². The number of hydrogen-bond donors (Lipinski definition) is 1. The molecule has 0 bridgehead atoms. The number of hydrogen-bond acceptors (Lipinski definition) is 9. The Balaban J connectivity index is 2.54. The highest BCUT2D eigenvalue weighted by atomic mass is 31.2. The van der Waals surface area contributed by atoms with E-state index in [1.165, 1.54) is 154 Å². The van der Waals surface area contributed by atoms with Crippen molar-refractivity contribution in [2.24, 2.45) is 0 Å². The summed E-state index contributed by atoms with van der Waals surface area (Å²) in [6.45, 7) is 10.3. The van der Waals surface area contributed by atoms with Crippen molar-refractivity contribution in [3.63, 3.8) is 0 Å². The minimum atomic E-state index is -1.90. The predicted molar refractivity (Wildman–Crippen MR) is 264 cm³/mol. The number of amides is 1. The molecule has 0 spiro atoms. The van der Waals surface area contributed by atoms with Crippen molar-refractivity contribution in [2.45, 2.75) is 258 Å². The lowest BCUT2D eigenvalue weighted by Gasteiger charge is -2.22. The first kappa shape index (κ1) is 59.8. The summed E-state index contributed by atoms with van der Waals surface area (Å²) in [5, 5.41) is 2.68. The number of ether oxygens (including phenoxy) is 3. The van der Waals surface area contributed by atoms with E-state index >= 15 is 0 Å². The van der Waals surface area contributed by atoms with Gasteiger partial charge in [0, 0.05) is 19.4 Å². The molecule has 1 amide bonds. The van der Waals surface area contributed by atoms with Gasteiger partial charge in [0.2, 0.25) is 0 Å². The number of carbonyl (C=O) groups excluding carboxylic acids is 3. The molecule has 10 nitrogen and oxygen atoms in total. The quantitative estimate of drug-likeness (QED) is 0.0295. The Morgan fingerprint density at radius 1 is 0.531 bits per heavy atom. The highest BCUT2D eigenvalue weighted by Crippen LogP contribution is 2.40. The molecular formula is C53H96NO9P. The maximum absolute atomic E-state index is 13.1. The van der Waals surface area contributed by atoms with Gasteiger partial charge in [-0.25, -0.2) is 4.79 Å². The monoisotopic (exact) mass is 922 g/mol. The summed E-state index contributed by atoms with van der Waals surface area (Å²) in [5.41, 5.74) is 0.321. The molecule has 0 saturated carbocycles. The normalized spacial score (nSPS) is 12.5. The topological polar surface area (TPSA) is 119 Å². The van der Waals surface area contributed by atoms with Crippen molar-refractivity contribution >= 4 is 26.6 Å². The summed E-state index contributed by atoms with van der Waals surface area (Å²) in [5.74, 6) is -0.635. The van der Waals surface area contributed by atoms with Crippen LogP contribution in [0.1, 0.15) is 246 Å². The zero-order chi connectivity index (χ0) is 46.6. The lowest BCUT2D eigenvalue weighted by molar-refractivity contribution is -0.161. The van der Waals surface area contributed by atoms with E-state index in [9.17, 15) is 14.4 Å². The standard InChI is InChI=1S/C53H96NO9P/c1-6-8-10-12-14-16-18-20-22-24-26-28-30-32-37-41-50(55)58-46-49(62-51(56)42-38-33-31-29-27-25-23-21-19-17-15-13-11-9-7-2)47-61-64(60-45-48-39-35-34-36-40-48)59-44-43-54-52(57)63-53(3,4)5/h34-36,39-40,49H,6-33,37-38,41-47H2,1-5H3,(H,54,57)/t49-,64?/m0/s1. The molecule has 0 aromatic heterocycles. The Morgan fingerprint density at radius 3 is 1.39 bits per heavy atom. The van der Waals surface area contributed by atoms with Crippen molar-refractivity contribution in [3.05, 3.63) is 35.9 Å². The lowest BCUT2D eigenvalue weighted by Crippen LogP contribution is -2.34. The summed E-state index contributed by atoms with van der Waals surface area (Å²) in [6.07, 6.45) is 37.0. The molecule has 1 rings (SSSR count). The van der Waals surface area contributed by atoms with Crippen molar-refractivity contribution < 1.29 is 42.2 Å². The first-order valence-corrected chi connectivity index (χ1v) is 27.3. The van der Waals surface area contributed by atoms with Gasteiger partial charge in [-0.15, -0.1) is 0 Å². The van der Waals surface area contributed by atoms with E-state index in [1.807, 2.05) is 30.3 Å². The fourth-order valence-corrected chi connectivity index (χ4v) is 8.45. The second kappa shape index (κ2) is 43.3. The lowest BCUT2D eigenvalue weighted by atomic mass is 10.0. The van der Waals surface area contributed by atoms with Gasteiger partial charge in [0.05, 0.1) is 19.8 Å². The molecule has 1 aromatic carbocycles. The summed E-state index contributed by atoms with van der Waals surface area (Å²) in [6, 6.07) is 9.67. The van der Waals surface area contributed by atoms with Crippen molar-refractivity contribution in [3.8, 4) is 0 Å². The number of carbonyl (C=O) groups is 3. The molecule has 64 heavy (non-hydrogen) atoms. The minimum Gasteiger partial charge on any atom is -0.462 e. The zero-order valence-corrected chi connectivity index (χ0v) is 42.6. The van der Waals surface area contributed by atoms with Crippen LogP contribution in [0.4, 0.5) is 4.79 Å². The van der Waals surface area contributed by atoms with Gasteiger partial charge < -0.3 is 33.1 Å². The van der Waals surface area contributed by atoms with Crippen molar-refractivity contribution in [1.29, 1.82) is 0 Å². The van der Waals surface area contributed by atoms with E-state index in [2.05, 4.69) is 19.2 Å². The van der Waals surface area contributed by atoms with E-state index in [4.69, 9.17) is 27.8 Å². The van der Waals surface area contributed by atoms with E-state index in [0.717, 1.165) is 44.1 Å². The van der Waals surface area contributed by atoms with Crippen molar-refractivity contribution in [2.75, 3.05) is 26.4 Å². The van der Waals surface area contributed by atoms with Gasteiger partial charge in [-0.2, -0.15) is 0 Å². The van der Waals surface area contributed by atoms with E-state index in [0.29, 0.717) is 12.8 Å². The number of unbranched alkanes of at least 4 members (excludes halogenated alkanes) is 28. The van der Waals surface area contributed by atoms with Gasteiger partial charge in [0.1, 0.15) is 12.2 Å². The maximum Gasteiger partial charge on any atom is 0.407 e. The molecule has 0 aliphatic heterocycles. The van der Waals surface area contributed by atoms with Gasteiger partial charge in [0.25, 0.3) is 0 Å². The summed E-state index contributed by atoms with van der Waals surface area (Å²) in [4.78, 5) is 38.0. The fraction of sp³-hybridized carbons (Fsp3) is 0.830. The predicted octanol–water partition coefficient (Wildman–Crippen LogP) is 16.0. The Kier molecular flexibility index (Phi) is 40.4. The summed E-state index contributed by atoms with van der Waals surface area (Å²) < 4.78 is 34.8. The molecule has 372 valence electrons. The zero-order valence-electron chi connectivity index (χ0n) is 41.7. The Bertz CT molecular complexity index is 1210. The number of alkyl carbamates (subject to hydrolysis) is 1.